The summed E-state index contributed by atoms with van der Waals surface area (Å²) in [6.07, 6.45) is -2.47. The van der Waals surface area contributed by atoms with E-state index in [0.29, 0.717) is 13.2 Å². The van der Waals surface area contributed by atoms with Gasteiger partial charge in [0.1, 0.15) is 5.54 Å². The van der Waals surface area contributed by atoms with Crippen LogP contribution >= 0.6 is 0 Å². The average Bonchev–Trinajstić information content (AvgIpc) is 2.29. The summed E-state index contributed by atoms with van der Waals surface area (Å²) in [7, 11) is 1.49. The molecule has 1 heterocycles. The van der Waals surface area contributed by atoms with E-state index in [-0.39, 0.29) is 13.2 Å². The molecule has 0 spiro atoms. The number of hydrogen-bond donors (Lipinski definition) is 1. The van der Waals surface area contributed by atoms with Gasteiger partial charge in [-0.1, -0.05) is 0 Å². The Morgan fingerprint density at radius 3 is 2.08 bits per heavy atom. The summed E-state index contributed by atoms with van der Waals surface area (Å²) >= 11 is 0. The summed E-state index contributed by atoms with van der Waals surface area (Å²) in [6.45, 7) is 0.772. The average molecular weight is 181 g/mol. The van der Waals surface area contributed by atoms with Crippen LogP contribution in [0, 0.1) is 0 Å². The summed E-state index contributed by atoms with van der Waals surface area (Å²) in [5.74, 6) is 0. The molecule has 1 rings (SSSR count). The van der Waals surface area contributed by atoms with Crippen molar-refractivity contribution in [1.82, 2.24) is 5.32 Å². The minimum Gasteiger partial charge on any atom is -0.377 e. The van der Waals surface area contributed by atoms with E-state index in [2.05, 4.69) is 5.32 Å². The summed E-state index contributed by atoms with van der Waals surface area (Å²) < 4.78 is 35.1. The first-order chi connectivity index (χ1) is 5.71. The SMILES string of the molecule is CNC1(C(F)F)COCCOC1. The molecule has 12 heavy (non-hydrogen) atoms. The molecule has 1 fully saturated rings. The Labute approximate surface area is 70.0 Å². The molecule has 1 saturated heterocycles. The molecule has 1 N–H and O–H groups in total. The fourth-order valence-corrected chi connectivity index (χ4v) is 1.05. The third-order valence-electron chi connectivity index (χ3n) is 2.01. The van der Waals surface area contributed by atoms with Crippen LogP contribution in [0.4, 0.5) is 8.78 Å². The lowest BCUT2D eigenvalue weighted by atomic mass is 10.0. The molecule has 0 radical (unpaired) electrons. The molecule has 0 aliphatic carbocycles. The molecular weight excluding hydrogens is 168 g/mol. The predicted molar refractivity (Wildman–Crippen MR) is 39.4 cm³/mol. The van der Waals surface area contributed by atoms with Crippen molar-refractivity contribution in [2.24, 2.45) is 0 Å². The van der Waals surface area contributed by atoms with E-state index in [0.717, 1.165) is 0 Å². The van der Waals surface area contributed by atoms with Crippen LogP contribution in [0.5, 0.6) is 0 Å². The number of halogens is 2. The zero-order valence-corrected chi connectivity index (χ0v) is 6.98. The summed E-state index contributed by atoms with van der Waals surface area (Å²) in [5, 5.41) is 2.56. The van der Waals surface area contributed by atoms with Crippen molar-refractivity contribution in [3.05, 3.63) is 0 Å². The van der Waals surface area contributed by atoms with Crippen molar-refractivity contribution in [2.45, 2.75) is 12.0 Å². The molecule has 0 atom stereocenters. The highest BCUT2D eigenvalue weighted by atomic mass is 19.3. The van der Waals surface area contributed by atoms with Gasteiger partial charge in [0, 0.05) is 0 Å². The Bertz CT molecular complexity index is 135. The van der Waals surface area contributed by atoms with Crippen molar-refractivity contribution < 1.29 is 18.3 Å². The van der Waals surface area contributed by atoms with Gasteiger partial charge >= 0.3 is 0 Å². The largest absolute Gasteiger partial charge is 0.377 e. The molecule has 3 nitrogen and oxygen atoms in total. The van der Waals surface area contributed by atoms with E-state index in [9.17, 15) is 8.78 Å². The summed E-state index contributed by atoms with van der Waals surface area (Å²) in [4.78, 5) is 0. The van der Waals surface area contributed by atoms with Crippen molar-refractivity contribution in [2.75, 3.05) is 33.5 Å². The van der Waals surface area contributed by atoms with Crippen molar-refractivity contribution in [3.63, 3.8) is 0 Å². The quantitative estimate of drug-likeness (QED) is 0.662. The lowest BCUT2D eigenvalue weighted by Crippen LogP contribution is -2.56. The van der Waals surface area contributed by atoms with Crippen LogP contribution in [0.25, 0.3) is 0 Å². The number of alkyl halides is 2. The van der Waals surface area contributed by atoms with E-state index in [4.69, 9.17) is 9.47 Å². The zero-order valence-electron chi connectivity index (χ0n) is 6.98. The van der Waals surface area contributed by atoms with Gasteiger partial charge in [0.05, 0.1) is 26.4 Å². The molecule has 72 valence electrons. The van der Waals surface area contributed by atoms with E-state index in [1.165, 1.54) is 7.05 Å². The Kier molecular flexibility index (Phi) is 3.37. The van der Waals surface area contributed by atoms with Crippen molar-refractivity contribution in [1.29, 1.82) is 0 Å². The van der Waals surface area contributed by atoms with Crippen LogP contribution < -0.4 is 5.32 Å². The fourth-order valence-electron chi connectivity index (χ4n) is 1.05. The molecule has 0 unspecified atom stereocenters. The first-order valence-electron chi connectivity index (χ1n) is 3.84. The van der Waals surface area contributed by atoms with Gasteiger partial charge < -0.3 is 14.8 Å². The van der Waals surface area contributed by atoms with Crippen molar-refractivity contribution >= 4 is 0 Å². The maximum absolute atomic E-state index is 12.5. The van der Waals surface area contributed by atoms with Crippen LogP contribution in [-0.4, -0.2) is 45.4 Å². The molecule has 1 aliphatic rings. The molecule has 0 aromatic heterocycles. The maximum Gasteiger partial charge on any atom is 0.261 e. The molecule has 0 aromatic carbocycles. The zero-order chi connectivity index (χ0) is 9.03. The smallest absolute Gasteiger partial charge is 0.261 e. The van der Waals surface area contributed by atoms with Gasteiger partial charge in [0.25, 0.3) is 6.43 Å². The first kappa shape index (κ1) is 9.83. The van der Waals surface area contributed by atoms with Crippen LogP contribution in [-0.2, 0) is 9.47 Å². The van der Waals surface area contributed by atoms with Crippen LogP contribution in [0.3, 0.4) is 0 Å². The third-order valence-corrected chi connectivity index (χ3v) is 2.01. The lowest BCUT2D eigenvalue weighted by molar-refractivity contribution is -0.0326. The first-order valence-corrected chi connectivity index (χ1v) is 3.84. The van der Waals surface area contributed by atoms with Gasteiger partial charge in [-0.25, -0.2) is 8.78 Å². The van der Waals surface area contributed by atoms with Crippen LogP contribution in [0.2, 0.25) is 0 Å². The van der Waals surface area contributed by atoms with Gasteiger partial charge in [-0.3, -0.25) is 0 Å². The Hall–Kier alpha value is -0.260. The molecule has 0 bridgehead atoms. The molecule has 0 aromatic rings. The fraction of sp³-hybridized carbons (Fsp3) is 1.00. The van der Waals surface area contributed by atoms with Gasteiger partial charge in [0.2, 0.25) is 0 Å². The summed E-state index contributed by atoms with van der Waals surface area (Å²) in [5.41, 5.74) is -1.32. The second-order valence-electron chi connectivity index (χ2n) is 2.81. The Morgan fingerprint density at radius 1 is 1.25 bits per heavy atom. The molecule has 0 amide bonds. The molecule has 5 heteroatoms. The van der Waals surface area contributed by atoms with E-state index < -0.39 is 12.0 Å². The monoisotopic (exact) mass is 181 g/mol. The highest BCUT2D eigenvalue weighted by Gasteiger charge is 2.40. The minimum atomic E-state index is -2.47. The summed E-state index contributed by atoms with van der Waals surface area (Å²) in [6, 6.07) is 0. The third kappa shape index (κ3) is 1.91. The van der Waals surface area contributed by atoms with Crippen molar-refractivity contribution in [3.8, 4) is 0 Å². The Morgan fingerprint density at radius 2 is 1.75 bits per heavy atom. The number of hydrogen-bond acceptors (Lipinski definition) is 3. The number of ether oxygens (including phenoxy) is 2. The van der Waals surface area contributed by atoms with Crippen LogP contribution in [0.1, 0.15) is 0 Å². The van der Waals surface area contributed by atoms with Crippen LogP contribution in [0.15, 0.2) is 0 Å². The number of rotatable bonds is 2. The standard InChI is InChI=1S/C7H13F2NO2/c1-10-7(6(8)9)4-11-2-3-12-5-7/h6,10H,2-5H2,1H3. The lowest BCUT2D eigenvalue weighted by Gasteiger charge is -2.29. The normalized spacial score (nSPS) is 24.0. The predicted octanol–water partition coefficient (Wildman–Crippen LogP) is 0.256. The highest BCUT2D eigenvalue weighted by Crippen LogP contribution is 2.18. The van der Waals surface area contributed by atoms with E-state index in [1.807, 2.05) is 0 Å². The molecule has 0 saturated carbocycles. The number of nitrogens with one attached hydrogen (secondary N) is 1. The van der Waals surface area contributed by atoms with E-state index in [1.54, 1.807) is 0 Å². The number of likely N-dealkylation sites (N-methyl/N-ethyl adjacent to an activating group) is 1. The second-order valence-corrected chi connectivity index (χ2v) is 2.81. The van der Waals surface area contributed by atoms with E-state index >= 15 is 0 Å². The van der Waals surface area contributed by atoms with Gasteiger partial charge in [0.15, 0.2) is 0 Å². The second kappa shape index (κ2) is 4.11. The molecular formula is C7H13F2NO2. The van der Waals surface area contributed by atoms with Gasteiger partial charge in [-0.2, -0.15) is 0 Å². The van der Waals surface area contributed by atoms with Gasteiger partial charge in [-0.15, -0.1) is 0 Å². The Balaban J connectivity index is 2.61. The maximum atomic E-state index is 12.5. The molecule has 1 aliphatic heterocycles. The topological polar surface area (TPSA) is 30.5 Å². The van der Waals surface area contributed by atoms with Gasteiger partial charge in [-0.05, 0) is 7.05 Å². The minimum absolute atomic E-state index is 0.00116. The highest BCUT2D eigenvalue weighted by molar-refractivity contribution is 4.90.